The summed E-state index contributed by atoms with van der Waals surface area (Å²) >= 11 is 0. The molecule has 2 amide bonds. The number of urea groups is 1. The van der Waals surface area contributed by atoms with Crippen LogP contribution in [0.1, 0.15) is 18.1 Å². The number of nitrogens with zero attached hydrogens (tertiary/aromatic N) is 2. The number of rotatable bonds is 3. The van der Waals surface area contributed by atoms with Gasteiger partial charge in [-0.25, -0.2) is 4.79 Å². The van der Waals surface area contributed by atoms with Crippen molar-refractivity contribution in [2.24, 2.45) is 11.7 Å². The van der Waals surface area contributed by atoms with E-state index in [4.69, 9.17) is 5.73 Å². The van der Waals surface area contributed by atoms with E-state index in [-0.39, 0.29) is 6.03 Å². The summed E-state index contributed by atoms with van der Waals surface area (Å²) in [7, 11) is 1.85. The van der Waals surface area contributed by atoms with Gasteiger partial charge in [-0.05, 0) is 31.0 Å². The van der Waals surface area contributed by atoms with Gasteiger partial charge in [0.15, 0.2) is 0 Å². The zero-order chi connectivity index (χ0) is 14.0. The molecular weight excluding hydrogens is 238 g/mol. The van der Waals surface area contributed by atoms with Crippen LogP contribution in [0.25, 0.3) is 0 Å². The van der Waals surface area contributed by atoms with Crippen molar-refractivity contribution in [1.29, 1.82) is 0 Å². The maximum absolute atomic E-state index is 12.4. The van der Waals surface area contributed by atoms with Gasteiger partial charge in [-0.15, -0.1) is 0 Å². The van der Waals surface area contributed by atoms with Crippen molar-refractivity contribution in [1.82, 2.24) is 4.90 Å². The summed E-state index contributed by atoms with van der Waals surface area (Å²) in [6.45, 7) is 6.27. The predicted octanol–water partition coefficient (Wildman–Crippen LogP) is 2.00. The van der Waals surface area contributed by atoms with Gasteiger partial charge in [-0.2, -0.15) is 0 Å². The Balaban J connectivity index is 2.41. The van der Waals surface area contributed by atoms with Gasteiger partial charge in [0.05, 0.1) is 5.69 Å². The summed E-state index contributed by atoms with van der Waals surface area (Å²) in [6, 6.07) is 6.29. The molecule has 19 heavy (non-hydrogen) atoms. The first-order valence-electron chi connectivity index (χ1n) is 6.89. The zero-order valence-corrected chi connectivity index (χ0v) is 12.0. The minimum Gasteiger partial charge on any atom is -0.330 e. The van der Waals surface area contributed by atoms with E-state index in [1.165, 1.54) is 5.56 Å². The van der Waals surface area contributed by atoms with Gasteiger partial charge in [0, 0.05) is 26.1 Å². The summed E-state index contributed by atoms with van der Waals surface area (Å²) in [5.74, 6) is 0.340. The molecule has 1 aliphatic rings. The summed E-state index contributed by atoms with van der Waals surface area (Å²) in [5.41, 5.74) is 9.24. The molecule has 0 saturated carbocycles. The van der Waals surface area contributed by atoms with Crippen molar-refractivity contribution >= 4 is 11.7 Å². The maximum Gasteiger partial charge on any atom is 0.324 e. The minimum absolute atomic E-state index is 0.0775. The summed E-state index contributed by atoms with van der Waals surface area (Å²) in [4.78, 5) is 16.1. The Hall–Kier alpha value is -1.55. The third kappa shape index (κ3) is 2.59. The van der Waals surface area contributed by atoms with E-state index in [1.807, 2.05) is 11.9 Å². The first-order valence-corrected chi connectivity index (χ1v) is 6.89. The fourth-order valence-electron chi connectivity index (χ4n) is 2.79. The molecule has 2 N–H and O–H groups in total. The van der Waals surface area contributed by atoms with Gasteiger partial charge >= 0.3 is 6.03 Å². The van der Waals surface area contributed by atoms with Crippen molar-refractivity contribution in [3.63, 3.8) is 0 Å². The third-order valence-electron chi connectivity index (χ3n) is 3.84. The maximum atomic E-state index is 12.4. The van der Waals surface area contributed by atoms with Gasteiger partial charge in [0.25, 0.3) is 0 Å². The summed E-state index contributed by atoms with van der Waals surface area (Å²) in [5, 5.41) is 0. The Morgan fingerprint density at radius 2 is 2.11 bits per heavy atom. The van der Waals surface area contributed by atoms with Crippen molar-refractivity contribution in [2.45, 2.75) is 20.3 Å². The average molecular weight is 261 g/mol. The minimum atomic E-state index is 0.0775. The van der Waals surface area contributed by atoms with Crippen LogP contribution in [0.15, 0.2) is 18.2 Å². The lowest BCUT2D eigenvalue weighted by atomic mass is 10.0. The first kappa shape index (κ1) is 13.9. The summed E-state index contributed by atoms with van der Waals surface area (Å²) < 4.78 is 0. The monoisotopic (exact) mass is 261 g/mol. The molecule has 0 bridgehead atoms. The lowest BCUT2D eigenvalue weighted by Gasteiger charge is -2.39. The Bertz CT molecular complexity index is 472. The van der Waals surface area contributed by atoms with Crippen molar-refractivity contribution in [2.75, 3.05) is 31.6 Å². The molecule has 1 fully saturated rings. The fraction of sp³-hybridized carbons (Fsp3) is 0.533. The smallest absolute Gasteiger partial charge is 0.324 e. The molecule has 1 aliphatic heterocycles. The van der Waals surface area contributed by atoms with E-state index < -0.39 is 0 Å². The standard InChI is InChI=1S/C15H23N3O/c1-4-13-7-5-6-11(2)14(13)18-10-12(8-16)9-17(3)15(18)19/h5-7,12H,4,8-10,16H2,1-3H3. The van der Waals surface area contributed by atoms with Crippen molar-refractivity contribution in [3.05, 3.63) is 29.3 Å². The lowest BCUT2D eigenvalue weighted by Crippen LogP contribution is -2.54. The number of carbonyl (C=O) groups excluding carboxylic acids is 1. The third-order valence-corrected chi connectivity index (χ3v) is 3.84. The van der Waals surface area contributed by atoms with Crippen LogP contribution in [0.2, 0.25) is 0 Å². The van der Waals surface area contributed by atoms with Crippen LogP contribution in [0.3, 0.4) is 0 Å². The number of hydrogen-bond donors (Lipinski definition) is 1. The normalized spacial score (nSPS) is 20.0. The van der Waals surface area contributed by atoms with E-state index in [9.17, 15) is 4.79 Å². The molecule has 0 radical (unpaired) electrons. The second-order valence-corrected chi connectivity index (χ2v) is 5.31. The topological polar surface area (TPSA) is 49.6 Å². The quantitative estimate of drug-likeness (QED) is 0.904. The van der Waals surface area contributed by atoms with Gasteiger partial charge in [0.2, 0.25) is 0 Å². The molecule has 0 aliphatic carbocycles. The van der Waals surface area contributed by atoms with Crippen molar-refractivity contribution < 1.29 is 4.79 Å². The highest BCUT2D eigenvalue weighted by atomic mass is 16.2. The van der Waals surface area contributed by atoms with Crippen LogP contribution in [0, 0.1) is 12.8 Å². The number of aryl methyl sites for hydroxylation is 2. The molecule has 0 aromatic heterocycles. The molecule has 104 valence electrons. The Morgan fingerprint density at radius 3 is 2.74 bits per heavy atom. The highest BCUT2D eigenvalue weighted by molar-refractivity contribution is 5.94. The van der Waals surface area contributed by atoms with Crippen LogP contribution in [-0.4, -0.2) is 37.6 Å². The van der Waals surface area contributed by atoms with Crippen LogP contribution in [-0.2, 0) is 6.42 Å². The van der Waals surface area contributed by atoms with Crippen LogP contribution in [0.5, 0.6) is 0 Å². The number of amides is 2. The molecule has 0 spiro atoms. The molecule has 1 atom stereocenters. The second kappa shape index (κ2) is 5.61. The Labute approximate surface area is 115 Å². The average Bonchev–Trinajstić information content (AvgIpc) is 2.41. The van der Waals surface area contributed by atoms with Gasteiger partial charge < -0.3 is 10.6 Å². The largest absolute Gasteiger partial charge is 0.330 e. The Morgan fingerprint density at radius 1 is 1.37 bits per heavy atom. The molecule has 1 aromatic rings. The van der Waals surface area contributed by atoms with E-state index >= 15 is 0 Å². The van der Waals surface area contributed by atoms with Gasteiger partial charge in [0.1, 0.15) is 0 Å². The number of benzene rings is 1. The summed E-state index contributed by atoms with van der Waals surface area (Å²) in [6.07, 6.45) is 0.928. The van der Waals surface area contributed by atoms with E-state index in [0.717, 1.165) is 30.8 Å². The second-order valence-electron chi connectivity index (χ2n) is 5.31. The number of hydrogen-bond acceptors (Lipinski definition) is 2. The molecule has 1 saturated heterocycles. The number of para-hydroxylation sites is 1. The van der Waals surface area contributed by atoms with E-state index in [2.05, 4.69) is 32.0 Å². The molecule has 2 rings (SSSR count). The van der Waals surface area contributed by atoms with Crippen LogP contribution in [0.4, 0.5) is 10.5 Å². The predicted molar refractivity (Wildman–Crippen MR) is 78.5 cm³/mol. The van der Waals surface area contributed by atoms with E-state index in [0.29, 0.717) is 12.5 Å². The fourth-order valence-corrected chi connectivity index (χ4v) is 2.79. The highest BCUT2D eigenvalue weighted by Crippen LogP contribution is 2.29. The highest BCUT2D eigenvalue weighted by Gasteiger charge is 2.31. The van der Waals surface area contributed by atoms with Crippen molar-refractivity contribution in [3.8, 4) is 0 Å². The molecule has 1 aromatic carbocycles. The molecule has 4 nitrogen and oxygen atoms in total. The van der Waals surface area contributed by atoms with Crippen LogP contribution >= 0.6 is 0 Å². The Kier molecular flexibility index (Phi) is 4.10. The lowest BCUT2D eigenvalue weighted by molar-refractivity contribution is 0.194. The van der Waals surface area contributed by atoms with Gasteiger partial charge in [-0.3, -0.25) is 4.90 Å². The molecule has 1 heterocycles. The molecule has 4 heteroatoms. The molecule has 1 unspecified atom stereocenters. The SMILES string of the molecule is CCc1cccc(C)c1N1CC(CN)CN(C)C1=O. The number of carbonyl (C=O) groups is 1. The number of nitrogens with two attached hydrogens (primary N) is 1. The number of anilines is 1. The first-order chi connectivity index (χ1) is 9.08. The van der Waals surface area contributed by atoms with Gasteiger partial charge in [-0.1, -0.05) is 25.1 Å². The zero-order valence-electron chi connectivity index (χ0n) is 12.0. The van der Waals surface area contributed by atoms with E-state index in [1.54, 1.807) is 4.90 Å². The molecular formula is C15H23N3O. The van der Waals surface area contributed by atoms with Crippen LogP contribution < -0.4 is 10.6 Å².